The minimum Gasteiger partial charge on any atom is -0.469 e. The van der Waals surface area contributed by atoms with Crippen LogP contribution >= 0.6 is 15.9 Å². The highest BCUT2D eigenvalue weighted by Crippen LogP contribution is 2.39. The quantitative estimate of drug-likeness (QED) is 0.118. The predicted octanol–water partition coefficient (Wildman–Crippen LogP) is 6.52. The Morgan fingerprint density at radius 1 is 1.08 bits per heavy atom. The first-order valence-corrected chi connectivity index (χ1v) is 13.9. The lowest BCUT2D eigenvalue weighted by atomic mass is 9.89. The van der Waals surface area contributed by atoms with E-state index in [2.05, 4.69) is 20.7 Å². The third-order valence-corrected chi connectivity index (χ3v) is 7.73. The van der Waals surface area contributed by atoms with Gasteiger partial charge in [0, 0.05) is 29.7 Å². The lowest BCUT2D eigenvalue weighted by Crippen LogP contribution is -2.22. The van der Waals surface area contributed by atoms with Gasteiger partial charge in [-0.1, -0.05) is 70.6 Å². The maximum atomic E-state index is 13.9. The smallest absolute Gasteiger partial charge is 0.305 e. The summed E-state index contributed by atoms with van der Waals surface area (Å²) in [5.41, 5.74) is 1.54. The Labute approximate surface area is 232 Å². The third-order valence-electron chi connectivity index (χ3n) is 6.96. The van der Waals surface area contributed by atoms with Gasteiger partial charge >= 0.3 is 5.97 Å². The molecular formula is C31H36BrFO5. The molecule has 1 saturated carbocycles. The second kappa shape index (κ2) is 15.7. The first-order chi connectivity index (χ1) is 18.4. The number of hydrogen-bond acceptors (Lipinski definition) is 5. The Hall–Kier alpha value is -2.61. The van der Waals surface area contributed by atoms with E-state index in [9.17, 15) is 19.1 Å². The largest absolute Gasteiger partial charge is 0.469 e. The van der Waals surface area contributed by atoms with Crippen LogP contribution in [0, 0.1) is 17.7 Å². The van der Waals surface area contributed by atoms with E-state index >= 15 is 0 Å². The Bertz CT molecular complexity index is 1110. The van der Waals surface area contributed by atoms with Crippen LogP contribution < -0.4 is 0 Å². The number of halogens is 2. The number of ketones is 1. The van der Waals surface area contributed by atoms with Crippen LogP contribution in [-0.4, -0.2) is 36.2 Å². The molecule has 2 aromatic rings. The van der Waals surface area contributed by atoms with Crippen molar-refractivity contribution in [3.8, 4) is 0 Å². The number of hydrogen-bond donors (Lipinski definition) is 1. The highest BCUT2D eigenvalue weighted by atomic mass is 79.9. The average molecular weight is 588 g/mol. The van der Waals surface area contributed by atoms with E-state index in [0.717, 1.165) is 16.5 Å². The van der Waals surface area contributed by atoms with Gasteiger partial charge in [-0.15, -0.1) is 0 Å². The van der Waals surface area contributed by atoms with Crippen molar-refractivity contribution in [2.75, 3.05) is 7.11 Å². The number of aliphatic hydroxyl groups excluding tert-OH is 1. The number of aliphatic hydroxyl groups is 1. The van der Waals surface area contributed by atoms with Crippen molar-refractivity contribution in [1.29, 1.82) is 0 Å². The molecule has 0 bridgehead atoms. The molecule has 0 spiro atoms. The molecule has 5 nitrogen and oxygen atoms in total. The van der Waals surface area contributed by atoms with Gasteiger partial charge in [-0.3, -0.25) is 9.59 Å². The molecule has 0 heterocycles. The van der Waals surface area contributed by atoms with Crippen LogP contribution in [0.1, 0.15) is 49.7 Å². The van der Waals surface area contributed by atoms with E-state index < -0.39 is 6.10 Å². The second-order valence-electron chi connectivity index (χ2n) is 9.58. The minimum absolute atomic E-state index is 0.0868. The normalized spacial score (nSPS) is 21.4. The minimum atomic E-state index is -0.568. The Kier molecular flexibility index (Phi) is 12.4. The van der Waals surface area contributed by atoms with E-state index in [4.69, 9.17) is 4.74 Å². The molecule has 1 fully saturated rings. The summed E-state index contributed by atoms with van der Waals surface area (Å²) in [5, 5.41) is 10.9. The zero-order chi connectivity index (χ0) is 27.3. The summed E-state index contributed by atoms with van der Waals surface area (Å²) in [5.74, 6) is -0.866. The third kappa shape index (κ3) is 9.29. The fourth-order valence-electron chi connectivity index (χ4n) is 4.77. The van der Waals surface area contributed by atoms with E-state index in [1.807, 2.05) is 42.5 Å². The van der Waals surface area contributed by atoms with Gasteiger partial charge in [-0.25, -0.2) is 4.39 Å². The summed E-state index contributed by atoms with van der Waals surface area (Å²) >= 11 is 3.55. The van der Waals surface area contributed by atoms with Crippen molar-refractivity contribution >= 4 is 27.7 Å². The van der Waals surface area contributed by atoms with Gasteiger partial charge < -0.3 is 14.6 Å². The zero-order valence-electron chi connectivity index (χ0n) is 21.7. The van der Waals surface area contributed by atoms with Gasteiger partial charge in [0.05, 0.1) is 25.9 Å². The molecule has 0 aromatic heterocycles. The standard InChI is InChI=1S/C31H36BrFO5/c1-37-31(36)15-5-3-2-4-12-25-26(19-18-24(34)17-16-22-10-7-9-14-28(22)33)30(20-29(25)35)38-21-23-11-6-8-13-27(23)32/h2,4,6-11,13-14,18-19,25-26,29-30,35H,3,5,12,15-17,20-21H2,1H3/b4-2-,19-18+/t25-,26-,29+,30-/m1/s1. The van der Waals surface area contributed by atoms with Crippen LogP contribution in [0.3, 0.4) is 0 Å². The maximum absolute atomic E-state index is 13.9. The van der Waals surface area contributed by atoms with E-state index in [1.165, 1.54) is 13.2 Å². The molecule has 1 aliphatic carbocycles. The van der Waals surface area contributed by atoms with Gasteiger partial charge in [-0.2, -0.15) is 0 Å². The predicted molar refractivity (Wildman–Crippen MR) is 149 cm³/mol. The fourth-order valence-corrected chi connectivity index (χ4v) is 5.17. The second-order valence-corrected chi connectivity index (χ2v) is 10.4. The zero-order valence-corrected chi connectivity index (χ0v) is 23.3. The number of aryl methyl sites for hydroxylation is 1. The molecule has 1 N–H and O–H groups in total. The van der Waals surface area contributed by atoms with Crippen LogP contribution in [0.15, 0.2) is 77.3 Å². The van der Waals surface area contributed by atoms with Crippen LogP contribution in [-0.2, 0) is 32.1 Å². The number of rotatable bonds is 14. The molecule has 4 atom stereocenters. The summed E-state index contributed by atoms with van der Waals surface area (Å²) in [6.45, 7) is 0.389. The van der Waals surface area contributed by atoms with E-state index in [0.29, 0.717) is 44.3 Å². The highest BCUT2D eigenvalue weighted by Gasteiger charge is 2.41. The van der Waals surface area contributed by atoms with E-state index in [-0.39, 0.29) is 41.9 Å². The molecule has 0 amide bonds. The van der Waals surface area contributed by atoms with Gasteiger partial charge in [0.2, 0.25) is 0 Å². The van der Waals surface area contributed by atoms with Crippen LogP contribution in [0.4, 0.5) is 4.39 Å². The first-order valence-electron chi connectivity index (χ1n) is 13.1. The Morgan fingerprint density at radius 2 is 1.82 bits per heavy atom. The summed E-state index contributed by atoms with van der Waals surface area (Å²) in [6, 6.07) is 14.3. The molecular weight excluding hydrogens is 551 g/mol. The summed E-state index contributed by atoms with van der Waals surface area (Å²) in [4.78, 5) is 23.9. The number of allylic oxidation sites excluding steroid dienone is 3. The molecule has 0 saturated heterocycles. The first kappa shape index (κ1) is 29.9. The van der Waals surface area contributed by atoms with Crippen molar-refractivity contribution < 1.29 is 28.6 Å². The van der Waals surface area contributed by atoms with Gasteiger partial charge in [-0.05, 0) is 60.9 Å². The number of methoxy groups -OCH3 is 1. The molecule has 38 heavy (non-hydrogen) atoms. The molecule has 204 valence electrons. The van der Waals surface area contributed by atoms with Gasteiger partial charge in [0.1, 0.15) is 5.82 Å². The van der Waals surface area contributed by atoms with E-state index in [1.54, 1.807) is 24.3 Å². The summed E-state index contributed by atoms with van der Waals surface area (Å²) in [6.07, 6.45) is 10.1. The van der Waals surface area contributed by atoms with Crippen molar-refractivity contribution in [2.45, 2.75) is 63.8 Å². The summed E-state index contributed by atoms with van der Waals surface area (Å²) in [7, 11) is 1.38. The van der Waals surface area contributed by atoms with Gasteiger partial charge in [0.25, 0.3) is 0 Å². The Balaban J connectivity index is 1.64. The maximum Gasteiger partial charge on any atom is 0.305 e. The SMILES string of the molecule is COC(=O)CCC/C=C\C[C@@H]1[C@@H](/C=C/C(=O)CCc2ccccc2F)[C@H](OCc2ccccc2Br)C[C@@H]1O. The molecule has 7 heteroatoms. The average Bonchev–Trinajstić information content (AvgIpc) is 3.21. The highest BCUT2D eigenvalue weighted by molar-refractivity contribution is 9.10. The monoisotopic (exact) mass is 586 g/mol. The molecule has 0 radical (unpaired) electrons. The van der Waals surface area contributed by atoms with Crippen molar-refractivity contribution in [1.82, 2.24) is 0 Å². The van der Waals surface area contributed by atoms with Crippen molar-refractivity contribution in [2.24, 2.45) is 11.8 Å². The number of carbonyl (C=O) groups is 2. The number of carbonyl (C=O) groups excluding carboxylic acids is 2. The van der Waals surface area contributed by atoms with Crippen molar-refractivity contribution in [3.05, 3.63) is 94.3 Å². The molecule has 3 rings (SSSR count). The molecule has 0 unspecified atom stereocenters. The number of esters is 1. The molecule has 1 aliphatic rings. The summed E-state index contributed by atoms with van der Waals surface area (Å²) < 4.78 is 25.8. The van der Waals surface area contributed by atoms with Crippen LogP contribution in [0.25, 0.3) is 0 Å². The topological polar surface area (TPSA) is 72.8 Å². The number of unbranched alkanes of at least 4 members (excludes halogenated alkanes) is 1. The van der Waals surface area contributed by atoms with Gasteiger partial charge in [0.15, 0.2) is 5.78 Å². The number of ether oxygens (including phenoxy) is 2. The van der Waals surface area contributed by atoms with Crippen LogP contribution in [0.5, 0.6) is 0 Å². The number of benzene rings is 2. The lowest BCUT2D eigenvalue weighted by molar-refractivity contribution is -0.140. The molecule has 2 aromatic carbocycles. The van der Waals surface area contributed by atoms with Crippen molar-refractivity contribution in [3.63, 3.8) is 0 Å². The fraction of sp³-hybridized carbons (Fsp3) is 0.419. The Morgan fingerprint density at radius 3 is 2.55 bits per heavy atom. The molecule has 0 aliphatic heterocycles. The lowest BCUT2D eigenvalue weighted by Gasteiger charge is -2.22. The van der Waals surface area contributed by atoms with Crippen LogP contribution in [0.2, 0.25) is 0 Å².